The number of benzene rings is 1. The Bertz CT molecular complexity index is 616. The third-order valence-electron chi connectivity index (χ3n) is 2.35. The zero-order chi connectivity index (χ0) is 12.7. The van der Waals surface area contributed by atoms with Crippen LogP contribution in [0, 0.1) is 0 Å². The second-order valence-corrected chi connectivity index (χ2v) is 3.29. The molecule has 0 saturated carbocycles. The summed E-state index contributed by atoms with van der Waals surface area (Å²) in [6, 6.07) is 3.71. The van der Waals surface area contributed by atoms with Crippen molar-refractivity contribution in [3.63, 3.8) is 0 Å². The van der Waals surface area contributed by atoms with Gasteiger partial charge in [-0.05, 0) is 12.1 Å². The maximum Gasteiger partial charge on any atom is 0.338 e. The number of imidazole rings is 1. The molecule has 0 aliphatic carbocycles. The fourth-order valence-corrected chi connectivity index (χ4v) is 1.69. The molecule has 8 heteroatoms. The monoisotopic (exact) mass is 249 g/mol. The summed E-state index contributed by atoms with van der Waals surface area (Å²) in [6.45, 7) is -6.43. The molecule has 0 atom stereocenters. The standard InChI is InChI=1S/C9H7F4N3O/c10-7(11)15-5-3-1-2-4(14)6(5)16(8(12)13)9(15)17/h1-3,7-8H,14H2. The molecule has 0 saturated heterocycles. The first-order valence-corrected chi connectivity index (χ1v) is 4.52. The third-order valence-corrected chi connectivity index (χ3v) is 2.35. The van der Waals surface area contributed by atoms with Crippen LogP contribution in [-0.2, 0) is 0 Å². The minimum atomic E-state index is -3.23. The lowest BCUT2D eigenvalue weighted by Crippen LogP contribution is -2.25. The van der Waals surface area contributed by atoms with Crippen LogP contribution in [0.15, 0.2) is 23.0 Å². The lowest BCUT2D eigenvalue weighted by Gasteiger charge is -2.02. The van der Waals surface area contributed by atoms with Crippen molar-refractivity contribution in [1.82, 2.24) is 9.13 Å². The van der Waals surface area contributed by atoms with E-state index in [0.717, 1.165) is 6.07 Å². The van der Waals surface area contributed by atoms with Gasteiger partial charge in [-0.1, -0.05) is 6.07 Å². The molecule has 1 heterocycles. The van der Waals surface area contributed by atoms with Crippen molar-refractivity contribution in [3.8, 4) is 0 Å². The van der Waals surface area contributed by atoms with E-state index in [1.807, 2.05) is 0 Å². The van der Waals surface area contributed by atoms with Gasteiger partial charge in [-0.2, -0.15) is 17.6 Å². The molecule has 0 amide bonds. The highest BCUT2D eigenvalue weighted by molar-refractivity contribution is 5.87. The molecule has 0 bridgehead atoms. The smallest absolute Gasteiger partial charge is 0.338 e. The number of rotatable bonds is 2. The second-order valence-electron chi connectivity index (χ2n) is 3.29. The highest BCUT2D eigenvalue weighted by atomic mass is 19.3. The number of anilines is 1. The van der Waals surface area contributed by atoms with Gasteiger partial charge in [0.2, 0.25) is 0 Å². The fraction of sp³-hybridized carbons (Fsp3) is 0.222. The first-order valence-electron chi connectivity index (χ1n) is 4.52. The number of alkyl halides is 4. The molecule has 4 nitrogen and oxygen atoms in total. The van der Waals surface area contributed by atoms with Gasteiger partial charge in [-0.3, -0.25) is 0 Å². The number of hydrogen-bond donors (Lipinski definition) is 1. The summed E-state index contributed by atoms with van der Waals surface area (Å²) in [7, 11) is 0. The SMILES string of the molecule is Nc1cccc2c1n(C(F)F)c(=O)n2C(F)F. The number of aromatic nitrogens is 2. The fourth-order valence-electron chi connectivity index (χ4n) is 1.69. The molecule has 17 heavy (non-hydrogen) atoms. The summed E-state index contributed by atoms with van der Waals surface area (Å²) >= 11 is 0. The summed E-state index contributed by atoms with van der Waals surface area (Å²) in [5.74, 6) is 0. The Hall–Kier alpha value is -1.99. The normalized spacial score (nSPS) is 11.9. The molecule has 0 radical (unpaired) electrons. The van der Waals surface area contributed by atoms with Gasteiger partial charge in [0.15, 0.2) is 0 Å². The Morgan fingerprint density at radius 3 is 2.18 bits per heavy atom. The van der Waals surface area contributed by atoms with E-state index < -0.39 is 18.8 Å². The number of nitrogens with two attached hydrogens (primary N) is 1. The Balaban J connectivity index is 2.99. The van der Waals surface area contributed by atoms with E-state index in [0.29, 0.717) is 0 Å². The van der Waals surface area contributed by atoms with Gasteiger partial charge in [0.1, 0.15) is 0 Å². The zero-order valence-corrected chi connectivity index (χ0v) is 8.28. The summed E-state index contributed by atoms with van der Waals surface area (Å²) < 4.78 is 50.5. The Labute approximate surface area is 91.9 Å². The van der Waals surface area contributed by atoms with Gasteiger partial charge < -0.3 is 5.73 Å². The summed E-state index contributed by atoms with van der Waals surface area (Å²) in [5.41, 5.74) is 3.09. The van der Waals surface area contributed by atoms with Crippen molar-refractivity contribution < 1.29 is 17.6 Å². The molecule has 92 valence electrons. The lowest BCUT2D eigenvalue weighted by atomic mass is 10.2. The molecule has 1 aromatic carbocycles. The summed E-state index contributed by atoms with van der Waals surface area (Å²) in [5, 5.41) is 0. The van der Waals surface area contributed by atoms with Crippen LogP contribution in [0.25, 0.3) is 11.0 Å². The van der Waals surface area contributed by atoms with Gasteiger partial charge in [0, 0.05) is 0 Å². The maximum absolute atomic E-state index is 12.7. The van der Waals surface area contributed by atoms with E-state index in [4.69, 9.17) is 5.73 Å². The number of hydrogen-bond acceptors (Lipinski definition) is 2. The van der Waals surface area contributed by atoms with Crippen molar-refractivity contribution >= 4 is 16.7 Å². The Morgan fingerprint density at radius 2 is 1.65 bits per heavy atom. The van der Waals surface area contributed by atoms with E-state index >= 15 is 0 Å². The second kappa shape index (κ2) is 3.79. The average Bonchev–Trinajstić information content (AvgIpc) is 2.51. The van der Waals surface area contributed by atoms with Crippen molar-refractivity contribution in [2.75, 3.05) is 5.73 Å². The molecule has 2 N–H and O–H groups in total. The molecule has 0 spiro atoms. The number of nitrogen functional groups attached to an aromatic ring is 1. The molecule has 0 unspecified atom stereocenters. The van der Waals surface area contributed by atoms with Gasteiger partial charge in [-0.25, -0.2) is 13.9 Å². The molecule has 0 aliphatic heterocycles. The minimum Gasteiger partial charge on any atom is -0.397 e. The van der Waals surface area contributed by atoms with E-state index in [1.165, 1.54) is 12.1 Å². The molecular weight excluding hydrogens is 242 g/mol. The highest BCUT2D eigenvalue weighted by Gasteiger charge is 2.24. The lowest BCUT2D eigenvalue weighted by molar-refractivity contribution is 0.0520. The van der Waals surface area contributed by atoms with Crippen molar-refractivity contribution in [2.24, 2.45) is 0 Å². The van der Waals surface area contributed by atoms with Crippen LogP contribution in [0.2, 0.25) is 0 Å². The van der Waals surface area contributed by atoms with Crippen molar-refractivity contribution in [2.45, 2.75) is 13.1 Å². The first-order chi connectivity index (χ1) is 7.95. The topological polar surface area (TPSA) is 52.9 Å². The van der Waals surface area contributed by atoms with Crippen molar-refractivity contribution in [3.05, 3.63) is 28.7 Å². The Morgan fingerprint density at radius 1 is 1.06 bits per heavy atom. The van der Waals surface area contributed by atoms with Gasteiger partial charge in [0.25, 0.3) is 0 Å². The summed E-state index contributed by atoms with van der Waals surface area (Å²) in [4.78, 5) is 11.4. The van der Waals surface area contributed by atoms with Gasteiger partial charge >= 0.3 is 18.8 Å². The Kier molecular flexibility index (Phi) is 2.56. The van der Waals surface area contributed by atoms with Crippen LogP contribution in [0.1, 0.15) is 13.1 Å². The van der Waals surface area contributed by atoms with Crippen molar-refractivity contribution in [1.29, 1.82) is 0 Å². The number of nitrogens with zero attached hydrogens (tertiary/aromatic N) is 2. The maximum atomic E-state index is 12.7. The van der Waals surface area contributed by atoms with Crippen LogP contribution >= 0.6 is 0 Å². The first kappa shape index (κ1) is 11.5. The van der Waals surface area contributed by atoms with Crippen LogP contribution < -0.4 is 11.4 Å². The minimum absolute atomic E-state index is 0.0160. The number of halogens is 4. The van der Waals surface area contributed by atoms with E-state index in [1.54, 1.807) is 0 Å². The summed E-state index contributed by atoms with van der Waals surface area (Å²) in [6.07, 6.45) is 0. The number of para-hydroxylation sites is 1. The number of fused-ring (bicyclic) bond motifs is 1. The van der Waals surface area contributed by atoms with E-state index in [2.05, 4.69) is 0 Å². The van der Waals surface area contributed by atoms with E-state index in [-0.39, 0.29) is 25.9 Å². The quantitative estimate of drug-likeness (QED) is 0.655. The predicted molar refractivity (Wildman–Crippen MR) is 53.1 cm³/mol. The van der Waals surface area contributed by atoms with E-state index in [9.17, 15) is 22.4 Å². The van der Waals surface area contributed by atoms with Crippen LogP contribution in [0.3, 0.4) is 0 Å². The van der Waals surface area contributed by atoms with Gasteiger partial charge in [-0.15, -0.1) is 0 Å². The third kappa shape index (κ3) is 1.56. The molecule has 1 aromatic heterocycles. The molecular formula is C9H7F4N3O. The highest BCUT2D eigenvalue weighted by Crippen LogP contribution is 2.26. The molecule has 0 fully saturated rings. The molecule has 0 aliphatic rings. The van der Waals surface area contributed by atoms with Crippen LogP contribution in [0.4, 0.5) is 23.2 Å². The van der Waals surface area contributed by atoms with Crippen LogP contribution in [-0.4, -0.2) is 9.13 Å². The molecule has 2 rings (SSSR count). The molecule has 2 aromatic rings. The van der Waals surface area contributed by atoms with Crippen LogP contribution in [0.5, 0.6) is 0 Å². The average molecular weight is 249 g/mol. The predicted octanol–water partition coefficient (Wildman–Crippen LogP) is 2.18. The zero-order valence-electron chi connectivity index (χ0n) is 8.28. The van der Waals surface area contributed by atoms with Gasteiger partial charge in [0.05, 0.1) is 16.7 Å². The largest absolute Gasteiger partial charge is 0.397 e.